The number of rotatable bonds is 5. The highest BCUT2D eigenvalue weighted by Gasteiger charge is 2.07. The van der Waals surface area contributed by atoms with E-state index in [2.05, 4.69) is 14.9 Å². The van der Waals surface area contributed by atoms with Crippen LogP contribution in [0.4, 0.5) is 4.39 Å². The Morgan fingerprint density at radius 3 is 2.74 bits per heavy atom. The van der Waals surface area contributed by atoms with Gasteiger partial charge in [0.15, 0.2) is 0 Å². The first-order chi connectivity index (χ1) is 11.1. The second-order valence-corrected chi connectivity index (χ2v) is 5.70. The van der Waals surface area contributed by atoms with Crippen molar-refractivity contribution in [3.63, 3.8) is 0 Å². The van der Waals surface area contributed by atoms with Crippen LogP contribution in [0.1, 0.15) is 11.1 Å². The molecule has 5 heteroatoms. The third-order valence-corrected chi connectivity index (χ3v) is 3.86. The molecule has 0 spiro atoms. The minimum absolute atomic E-state index is 0.168. The lowest BCUT2D eigenvalue weighted by molar-refractivity contribution is 0.330. The lowest BCUT2D eigenvalue weighted by Crippen LogP contribution is -2.25. The molecule has 0 saturated carbocycles. The molecule has 0 aliphatic rings. The van der Waals surface area contributed by atoms with Gasteiger partial charge in [-0.25, -0.2) is 4.39 Å². The van der Waals surface area contributed by atoms with Crippen molar-refractivity contribution >= 4 is 10.9 Å². The van der Waals surface area contributed by atoms with Gasteiger partial charge in [-0.2, -0.15) is 0 Å². The number of likely N-dealkylation sites (N-methyl/N-ethyl adjacent to an activating group) is 1. The summed E-state index contributed by atoms with van der Waals surface area (Å²) < 4.78 is 13.2. The zero-order valence-electron chi connectivity index (χ0n) is 12.9. The summed E-state index contributed by atoms with van der Waals surface area (Å²) in [5.74, 6) is -0.352. The number of aromatic nitrogens is 2. The molecule has 0 fully saturated rings. The largest absolute Gasteiger partial charge is 0.322 e. The maximum atomic E-state index is 13.2. The Morgan fingerprint density at radius 1 is 1.17 bits per heavy atom. The summed E-state index contributed by atoms with van der Waals surface area (Å²) in [6.45, 7) is 1.39. The Kier molecular flexibility index (Phi) is 4.48. The molecule has 4 nitrogen and oxygen atoms in total. The summed E-state index contributed by atoms with van der Waals surface area (Å²) in [5.41, 5.74) is 2.26. The molecule has 0 aliphatic heterocycles. The summed E-state index contributed by atoms with van der Waals surface area (Å²) in [4.78, 5) is 21.0. The molecule has 1 N–H and O–H groups in total. The van der Waals surface area contributed by atoms with Crippen molar-refractivity contribution in [2.45, 2.75) is 13.0 Å². The first-order valence-electron chi connectivity index (χ1n) is 7.51. The van der Waals surface area contributed by atoms with Gasteiger partial charge in [-0.05, 0) is 60.8 Å². The highest BCUT2D eigenvalue weighted by Crippen LogP contribution is 2.13. The monoisotopic (exact) mass is 311 g/mol. The zero-order chi connectivity index (χ0) is 16.2. The van der Waals surface area contributed by atoms with Crippen LogP contribution in [0.2, 0.25) is 0 Å². The van der Waals surface area contributed by atoms with E-state index in [9.17, 15) is 9.18 Å². The van der Waals surface area contributed by atoms with Crippen molar-refractivity contribution in [3.8, 4) is 0 Å². The van der Waals surface area contributed by atoms with Gasteiger partial charge in [-0.15, -0.1) is 0 Å². The second-order valence-electron chi connectivity index (χ2n) is 5.70. The van der Waals surface area contributed by atoms with Crippen LogP contribution in [0.25, 0.3) is 10.9 Å². The van der Waals surface area contributed by atoms with Gasteiger partial charge in [0.1, 0.15) is 5.82 Å². The topological polar surface area (TPSA) is 49.0 Å². The standard InChI is InChI=1S/C18H18FN3O/c1-22(9-6-13-4-7-20-8-5-13)12-15-10-14-2-3-16(19)11-17(14)21-18(15)23/h2-5,7-8,10-11H,6,9,12H2,1H3,(H,21,23). The summed E-state index contributed by atoms with van der Waals surface area (Å²) in [7, 11) is 1.98. The van der Waals surface area contributed by atoms with E-state index in [1.165, 1.54) is 17.7 Å². The summed E-state index contributed by atoms with van der Waals surface area (Å²) >= 11 is 0. The van der Waals surface area contributed by atoms with E-state index in [1.54, 1.807) is 18.5 Å². The SMILES string of the molecule is CN(CCc1ccncc1)Cc1cc2ccc(F)cc2[nH]c1=O. The van der Waals surface area contributed by atoms with Gasteiger partial charge < -0.3 is 9.88 Å². The van der Waals surface area contributed by atoms with Crippen LogP contribution >= 0.6 is 0 Å². The molecule has 0 saturated heterocycles. The molecule has 2 heterocycles. The minimum Gasteiger partial charge on any atom is -0.322 e. The van der Waals surface area contributed by atoms with E-state index in [-0.39, 0.29) is 11.4 Å². The fourth-order valence-electron chi connectivity index (χ4n) is 2.58. The maximum Gasteiger partial charge on any atom is 0.252 e. The van der Waals surface area contributed by atoms with Gasteiger partial charge >= 0.3 is 0 Å². The molecule has 0 amide bonds. The zero-order valence-corrected chi connectivity index (χ0v) is 12.9. The Hall–Kier alpha value is -2.53. The molecular formula is C18H18FN3O. The van der Waals surface area contributed by atoms with Gasteiger partial charge in [0, 0.05) is 31.0 Å². The van der Waals surface area contributed by atoms with Crippen molar-refractivity contribution in [1.82, 2.24) is 14.9 Å². The number of pyridine rings is 2. The number of hydrogen-bond acceptors (Lipinski definition) is 3. The fourth-order valence-corrected chi connectivity index (χ4v) is 2.58. The average Bonchev–Trinajstić information content (AvgIpc) is 2.55. The van der Waals surface area contributed by atoms with E-state index in [1.807, 2.05) is 25.2 Å². The van der Waals surface area contributed by atoms with Crippen molar-refractivity contribution in [1.29, 1.82) is 0 Å². The maximum absolute atomic E-state index is 13.2. The number of benzene rings is 1. The molecule has 0 bridgehead atoms. The molecule has 1 aromatic carbocycles. The number of nitrogens with zero attached hydrogens (tertiary/aromatic N) is 2. The molecule has 3 aromatic rings. The molecule has 0 atom stereocenters. The predicted molar refractivity (Wildman–Crippen MR) is 88.8 cm³/mol. The molecule has 0 unspecified atom stereocenters. The molecular weight excluding hydrogens is 293 g/mol. The number of hydrogen-bond donors (Lipinski definition) is 1. The first kappa shape index (κ1) is 15.4. The van der Waals surface area contributed by atoms with E-state index in [4.69, 9.17) is 0 Å². The summed E-state index contributed by atoms with van der Waals surface area (Å²) in [5, 5.41) is 0.837. The number of fused-ring (bicyclic) bond motifs is 1. The molecule has 2 aromatic heterocycles. The van der Waals surface area contributed by atoms with Crippen molar-refractivity contribution in [3.05, 3.63) is 76.1 Å². The highest BCUT2D eigenvalue weighted by atomic mass is 19.1. The minimum atomic E-state index is -0.352. The van der Waals surface area contributed by atoms with Crippen LogP contribution in [0.3, 0.4) is 0 Å². The van der Waals surface area contributed by atoms with Crippen LogP contribution in [0, 0.1) is 5.82 Å². The van der Waals surface area contributed by atoms with Crippen molar-refractivity contribution in [2.75, 3.05) is 13.6 Å². The summed E-state index contributed by atoms with van der Waals surface area (Å²) in [6, 6.07) is 10.2. The number of aromatic amines is 1. The van der Waals surface area contributed by atoms with Crippen LogP contribution in [0.5, 0.6) is 0 Å². The predicted octanol–water partition coefficient (Wildman–Crippen LogP) is 2.74. The van der Waals surface area contributed by atoms with Crippen LogP contribution in [0.15, 0.2) is 53.6 Å². The number of halogens is 1. The van der Waals surface area contributed by atoms with Crippen molar-refractivity contribution in [2.24, 2.45) is 0 Å². The van der Waals surface area contributed by atoms with Crippen LogP contribution < -0.4 is 5.56 Å². The molecule has 0 aliphatic carbocycles. The van der Waals surface area contributed by atoms with Crippen molar-refractivity contribution < 1.29 is 4.39 Å². The fraction of sp³-hybridized carbons (Fsp3) is 0.222. The van der Waals surface area contributed by atoms with E-state index < -0.39 is 0 Å². The van der Waals surface area contributed by atoms with E-state index in [0.29, 0.717) is 17.6 Å². The molecule has 118 valence electrons. The molecule has 23 heavy (non-hydrogen) atoms. The third-order valence-electron chi connectivity index (χ3n) is 3.86. The van der Waals surface area contributed by atoms with Gasteiger partial charge in [0.05, 0.1) is 5.52 Å². The van der Waals surface area contributed by atoms with E-state index >= 15 is 0 Å². The van der Waals surface area contributed by atoms with Gasteiger partial charge in [0.25, 0.3) is 5.56 Å². The Bertz CT molecular complexity index is 861. The quantitative estimate of drug-likeness (QED) is 0.788. The average molecular weight is 311 g/mol. The van der Waals surface area contributed by atoms with Gasteiger partial charge in [-0.3, -0.25) is 9.78 Å². The number of nitrogens with one attached hydrogen (secondary N) is 1. The van der Waals surface area contributed by atoms with Gasteiger partial charge in [-0.1, -0.05) is 0 Å². The van der Waals surface area contributed by atoms with Crippen LogP contribution in [-0.2, 0) is 13.0 Å². The number of H-pyrrole nitrogens is 1. The lowest BCUT2D eigenvalue weighted by atomic mass is 10.1. The third kappa shape index (κ3) is 3.81. The first-order valence-corrected chi connectivity index (χ1v) is 7.51. The molecule has 0 radical (unpaired) electrons. The lowest BCUT2D eigenvalue weighted by Gasteiger charge is -2.16. The second kappa shape index (κ2) is 6.71. The summed E-state index contributed by atoms with van der Waals surface area (Å²) in [6.07, 6.45) is 4.46. The molecule has 3 rings (SSSR count). The Morgan fingerprint density at radius 2 is 1.96 bits per heavy atom. The smallest absolute Gasteiger partial charge is 0.252 e. The Balaban J connectivity index is 1.72. The Labute approximate surface area is 133 Å². The normalized spacial score (nSPS) is 11.3. The van der Waals surface area contributed by atoms with Crippen LogP contribution in [-0.4, -0.2) is 28.5 Å². The highest BCUT2D eigenvalue weighted by molar-refractivity contribution is 5.78. The van der Waals surface area contributed by atoms with E-state index in [0.717, 1.165) is 18.4 Å². The van der Waals surface area contributed by atoms with Gasteiger partial charge in [0.2, 0.25) is 0 Å².